The molecule has 1 saturated heterocycles. The van der Waals surface area contributed by atoms with Crippen LogP contribution in [0.2, 0.25) is 5.02 Å². The number of hydrogen-bond acceptors (Lipinski definition) is 7. The largest absolute Gasteiger partial charge is 0.489 e. The van der Waals surface area contributed by atoms with Crippen LogP contribution >= 0.6 is 24.0 Å². The van der Waals surface area contributed by atoms with Gasteiger partial charge in [-0.3, -0.25) is 4.79 Å². The Morgan fingerprint density at radius 2 is 1.95 bits per heavy atom. The van der Waals surface area contributed by atoms with Crippen molar-refractivity contribution in [2.75, 3.05) is 38.2 Å². The molecule has 1 fully saturated rings. The van der Waals surface area contributed by atoms with Crippen molar-refractivity contribution >= 4 is 41.6 Å². The number of nitrogens with one attached hydrogen (secondary N) is 1. The first-order chi connectivity index (χ1) is 17.1. The number of aliphatic carboxylic acids is 1. The van der Waals surface area contributed by atoms with Gasteiger partial charge in [-0.25, -0.2) is 9.18 Å². The second-order valence-electron chi connectivity index (χ2n) is 9.12. The van der Waals surface area contributed by atoms with Gasteiger partial charge in [-0.1, -0.05) is 11.6 Å². The molecule has 2 heterocycles. The molecule has 0 radical (unpaired) electrons. The highest BCUT2D eigenvalue weighted by Gasteiger charge is 2.42. The van der Waals surface area contributed by atoms with E-state index in [0.717, 1.165) is 24.2 Å². The zero-order valence-corrected chi connectivity index (χ0v) is 21.7. The molecule has 0 bridgehead atoms. The molecule has 1 spiro atoms. The molecule has 2 aliphatic rings. The van der Waals surface area contributed by atoms with Gasteiger partial charge in [0, 0.05) is 57.5 Å². The summed E-state index contributed by atoms with van der Waals surface area (Å²) < 4.78 is 30.7. The molecule has 37 heavy (non-hydrogen) atoms. The minimum absolute atomic E-state index is 0. The molecule has 1 amide bonds. The van der Waals surface area contributed by atoms with Crippen molar-refractivity contribution in [1.29, 1.82) is 0 Å². The number of carbonyl (C=O) groups excluding carboxylic acids is 1. The number of amides is 1. The Hall–Kier alpha value is -2.79. The van der Waals surface area contributed by atoms with Gasteiger partial charge in [-0.05, 0) is 24.3 Å². The number of rotatable bonds is 9. The maximum atomic E-state index is 13.6. The molecule has 0 unspecified atom stereocenters. The molecular weight excluding hydrogens is 530 g/mol. The van der Waals surface area contributed by atoms with Crippen LogP contribution in [0.25, 0.3) is 0 Å². The van der Waals surface area contributed by atoms with Crippen LogP contribution in [-0.4, -0.2) is 71.5 Å². The quantitative estimate of drug-likeness (QED) is 0.427. The summed E-state index contributed by atoms with van der Waals surface area (Å²) in [7, 11) is 0. The van der Waals surface area contributed by atoms with Gasteiger partial charge in [0.1, 0.15) is 41.4 Å². The monoisotopic (exact) mass is 558 g/mol. The van der Waals surface area contributed by atoms with Crippen LogP contribution in [0, 0.1) is 5.82 Å². The molecule has 2 aromatic rings. The molecule has 202 valence electrons. The highest BCUT2D eigenvalue weighted by atomic mass is 35.5. The summed E-state index contributed by atoms with van der Waals surface area (Å²) in [6.45, 7) is 2.44. The Balaban J connectivity index is 0.00000380. The molecule has 1 atom stereocenters. The van der Waals surface area contributed by atoms with Crippen LogP contribution in [-0.2, 0) is 16.0 Å². The van der Waals surface area contributed by atoms with E-state index in [0.29, 0.717) is 26.1 Å². The number of halogens is 3. The number of piperidine rings is 1. The molecule has 2 aromatic carbocycles. The summed E-state index contributed by atoms with van der Waals surface area (Å²) >= 11 is 6.14. The zero-order chi connectivity index (χ0) is 25.9. The lowest BCUT2D eigenvalue weighted by atomic mass is 9.87. The lowest BCUT2D eigenvalue weighted by Crippen LogP contribution is -2.49. The molecule has 2 aliphatic heterocycles. The van der Waals surface area contributed by atoms with Gasteiger partial charge < -0.3 is 34.6 Å². The van der Waals surface area contributed by atoms with Crippen molar-refractivity contribution < 1.29 is 38.4 Å². The number of ether oxygens (including phenoxy) is 3. The molecule has 3 N–H and O–H groups in total. The molecule has 0 aliphatic carbocycles. The van der Waals surface area contributed by atoms with Crippen molar-refractivity contribution in [2.24, 2.45) is 0 Å². The van der Waals surface area contributed by atoms with Crippen LogP contribution < -0.4 is 19.5 Å². The number of benzene rings is 2. The van der Waals surface area contributed by atoms with Crippen LogP contribution in [0.5, 0.6) is 17.2 Å². The zero-order valence-electron chi connectivity index (χ0n) is 20.2. The van der Waals surface area contributed by atoms with E-state index in [1.165, 1.54) is 31.2 Å². The van der Waals surface area contributed by atoms with Gasteiger partial charge in [0.2, 0.25) is 5.91 Å². The Kier molecular flexibility index (Phi) is 9.46. The van der Waals surface area contributed by atoms with Crippen molar-refractivity contribution in [1.82, 2.24) is 4.90 Å². The fraction of sp³-hybridized carbons (Fsp3) is 0.440. The van der Waals surface area contributed by atoms with Gasteiger partial charge >= 0.3 is 5.97 Å². The van der Waals surface area contributed by atoms with E-state index in [1.807, 2.05) is 0 Å². The number of β-amino-alcohol motifs (C(OH)–C–C–N with tert-alkyl or cyclic N) is 1. The van der Waals surface area contributed by atoms with Crippen molar-refractivity contribution in [3.05, 3.63) is 46.7 Å². The topological polar surface area (TPSA) is 118 Å². The maximum absolute atomic E-state index is 13.6. The van der Waals surface area contributed by atoms with Crippen LogP contribution in [0.4, 0.5) is 10.1 Å². The van der Waals surface area contributed by atoms with Gasteiger partial charge in [-0.15, -0.1) is 12.4 Å². The van der Waals surface area contributed by atoms with E-state index >= 15 is 0 Å². The SMILES string of the molecule is CC(=O)Nc1cc(Cl)c(OCC(=O)O)cc1OC[C@@H](O)CN1CCC2(CC1)Cc1cc(F)ccc1O2.Cl. The summed E-state index contributed by atoms with van der Waals surface area (Å²) in [6.07, 6.45) is 1.35. The Labute approximate surface area is 224 Å². The van der Waals surface area contributed by atoms with Crippen LogP contribution in [0.3, 0.4) is 0 Å². The predicted octanol–water partition coefficient (Wildman–Crippen LogP) is 3.53. The third-order valence-electron chi connectivity index (χ3n) is 6.23. The number of anilines is 1. The van der Waals surface area contributed by atoms with Crippen LogP contribution in [0.1, 0.15) is 25.3 Å². The summed E-state index contributed by atoms with van der Waals surface area (Å²) in [5.74, 6) is -0.776. The highest BCUT2D eigenvalue weighted by Crippen LogP contribution is 2.41. The lowest BCUT2D eigenvalue weighted by Gasteiger charge is -2.39. The molecule has 0 saturated carbocycles. The number of hydrogen-bond donors (Lipinski definition) is 3. The van der Waals surface area contributed by atoms with Crippen LogP contribution in [0.15, 0.2) is 30.3 Å². The fourth-order valence-corrected chi connectivity index (χ4v) is 4.77. The van der Waals surface area contributed by atoms with E-state index in [-0.39, 0.29) is 58.5 Å². The van der Waals surface area contributed by atoms with Gasteiger partial charge in [0.15, 0.2) is 6.61 Å². The molecule has 4 rings (SSSR count). The Morgan fingerprint density at radius 3 is 2.62 bits per heavy atom. The molecule has 9 nitrogen and oxygen atoms in total. The van der Waals surface area contributed by atoms with E-state index in [4.69, 9.17) is 30.9 Å². The first-order valence-corrected chi connectivity index (χ1v) is 12.0. The Morgan fingerprint density at radius 1 is 1.22 bits per heavy atom. The summed E-state index contributed by atoms with van der Waals surface area (Å²) in [6, 6.07) is 7.39. The minimum atomic E-state index is -1.17. The average Bonchev–Trinajstić information content (AvgIpc) is 3.16. The van der Waals surface area contributed by atoms with Gasteiger partial charge in [-0.2, -0.15) is 0 Å². The fourth-order valence-electron chi connectivity index (χ4n) is 4.55. The third-order valence-corrected chi connectivity index (χ3v) is 6.52. The van der Waals surface area contributed by atoms with Gasteiger partial charge in [0.05, 0.1) is 10.7 Å². The molecule has 0 aromatic heterocycles. The normalized spacial score (nSPS) is 16.8. The maximum Gasteiger partial charge on any atom is 0.341 e. The first kappa shape index (κ1) is 28.8. The number of fused-ring (bicyclic) bond motifs is 1. The van der Waals surface area contributed by atoms with E-state index in [9.17, 15) is 19.1 Å². The van der Waals surface area contributed by atoms with Gasteiger partial charge in [0.25, 0.3) is 0 Å². The third kappa shape index (κ3) is 7.38. The van der Waals surface area contributed by atoms with Crippen molar-refractivity contribution in [3.8, 4) is 17.2 Å². The second-order valence-corrected chi connectivity index (χ2v) is 9.53. The predicted molar refractivity (Wildman–Crippen MR) is 137 cm³/mol. The van der Waals surface area contributed by atoms with E-state index in [2.05, 4.69) is 10.2 Å². The number of carbonyl (C=O) groups is 2. The lowest BCUT2D eigenvalue weighted by molar-refractivity contribution is -0.139. The van der Waals surface area contributed by atoms with E-state index < -0.39 is 18.7 Å². The number of aliphatic hydroxyl groups excluding tert-OH is 1. The summed E-state index contributed by atoms with van der Waals surface area (Å²) in [4.78, 5) is 24.5. The van der Waals surface area contributed by atoms with E-state index in [1.54, 1.807) is 6.07 Å². The number of carboxylic acid groups (broad SMARTS) is 1. The van der Waals surface area contributed by atoms with Crippen molar-refractivity contribution in [2.45, 2.75) is 37.9 Å². The number of aliphatic hydroxyl groups is 1. The molecular formula is C25H29Cl2FN2O7. The molecule has 12 heteroatoms. The standard InChI is InChI=1S/C25H28ClFN2O7.ClH/c1-15(30)28-20-9-19(26)22(35-14-24(32)33)10-23(20)34-13-18(31)12-29-6-4-25(5-7-29)11-16-8-17(27)2-3-21(16)36-25;/h2-3,8-10,18,31H,4-7,11-14H2,1H3,(H,28,30)(H,32,33);1H/t18-;/m0./s1. The first-order valence-electron chi connectivity index (χ1n) is 11.6. The average molecular weight is 559 g/mol. The number of carboxylic acids is 1. The minimum Gasteiger partial charge on any atom is -0.489 e. The summed E-state index contributed by atoms with van der Waals surface area (Å²) in [5, 5.41) is 22.2. The highest BCUT2D eigenvalue weighted by molar-refractivity contribution is 6.32. The summed E-state index contributed by atoms with van der Waals surface area (Å²) in [5.41, 5.74) is 0.829. The number of nitrogens with zero attached hydrogens (tertiary/aromatic N) is 1. The Bertz CT molecular complexity index is 1140. The smallest absolute Gasteiger partial charge is 0.341 e. The second kappa shape index (κ2) is 12.2. The van der Waals surface area contributed by atoms with Crippen molar-refractivity contribution in [3.63, 3.8) is 0 Å². The number of likely N-dealkylation sites (tertiary alicyclic amines) is 1.